The molecule has 7 heteroatoms. The molecule has 4 rings (SSSR count). The van der Waals surface area contributed by atoms with Gasteiger partial charge < -0.3 is 10.2 Å². The summed E-state index contributed by atoms with van der Waals surface area (Å²) in [6.07, 6.45) is 3.68. The van der Waals surface area contributed by atoms with Gasteiger partial charge in [-0.25, -0.2) is 9.67 Å². The maximum atomic E-state index is 12.6. The zero-order valence-corrected chi connectivity index (χ0v) is 17.3. The first-order valence-electron chi connectivity index (χ1n) is 10.2. The van der Waals surface area contributed by atoms with E-state index in [2.05, 4.69) is 15.4 Å². The maximum Gasteiger partial charge on any atom is 0.253 e. The number of carbonyl (C=O) groups is 2. The van der Waals surface area contributed by atoms with E-state index < -0.39 is 0 Å². The summed E-state index contributed by atoms with van der Waals surface area (Å²) in [6.45, 7) is 5.88. The third-order valence-electron chi connectivity index (χ3n) is 5.26. The van der Waals surface area contributed by atoms with Crippen LogP contribution in [0.3, 0.4) is 0 Å². The van der Waals surface area contributed by atoms with Crippen LogP contribution in [0.25, 0.3) is 5.82 Å². The molecule has 2 aromatic heterocycles. The van der Waals surface area contributed by atoms with Gasteiger partial charge in [-0.3, -0.25) is 9.59 Å². The highest BCUT2D eigenvalue weighted by atomic mass is 16.2. The van der Waals surface area contributed by atoms with Crippen molar-refractivity contribution >= 4 is 11.8 Å². The molecule has 2 amide bonds. The second-order valence-corrected chi connectivity index (χ2v) is 7.63. The van der Waals surface area contributed by atoms with Crippen LogP contribution in [0.15, 0.2) is 48.7 Å². The summed E-state index contributed by atoms with van der Waals surface area (Å²) in [5.74, 6) is 0.522. The number of likely N-dealkylation sites (tertiary alicyclic amines) is 1. The van der Waals surface area contributed by atoms with Gasteiger partial charge in [0.2, 0.25) is 0 Å². The molecule has 0 aliphatic carbocycles. The maximum absolute atomic E-state index is 12.6. The van der Waals surface area contributed by atoms with E-state index in [1.54, 1.807) is 23.0 Å². The largest absolute Gasteiger partial charge is 0.348 e. The summed E-state index contributed by atoms with van der Waals surface area (Å²) in [7, 11) is 0. The predicted molar refractivity (Wildman–Crippen MR) is 114 cm³/mol. The van der Waals surface area contributed by atoms with Crippen molar-refractivity contribution < 1.29 is 9.59 Å². The van der Waals surface area contributed by atoms with Gasteiger partial charge in [0.25, 0.3) is 11.8 Å². The van der Waals surface area contributed by atoms with Crippen molar-refractivity contribution in [2.45, 2.75) is 33.2 Å². The average Bonchev–Trinajstić information content (AvgIpc) is 3.41. The van der Waals surface area contributed by atoms with E-state index in [4.69, 9.17) is 0 Å². The van der Waals surface area contributed by atoms with Gasteiger partial charge >= 0.3 is 0 Å². The van der Waals surface area contributed by atoms with E-state index in [0.29, 0.717) is 23.5 Å². The summed E-state index contributed by atoms with van der Waals surface area (Å²) in [5.41, 5.74) is 3.94. The highest BCUT2D eigenvalue weighted by Gasteiger charge is 2.19. The molecule has 1 aromatic carbocycles. The number of nitrogens with zero attached hydrogens (tertiary/aromatic N) is 4. The molecule has 0 saturated carbocycles. The quantitative estimate of drug-likeness (QED) is 0.710. The number of aryl methyl sites for hydroxylation is 2. The Morgan fingerprint density at radius 3 is 2.50 bits per heavy atom. The molecule has 1 aliphatic heterocycles. The smallest absolute Gasteiger partial charge is 0.253 e. The Kier molecular flexibility index (Phi) is 5.61. The van der Waals surface area contributed by atoms with E-state index in [1.807, 2.05) is 49.1 Å². The number of hydrogen-bond acceptors (Lipinski definition) is 4. The average molecular weight is 403 g/mol. The first kappa shape index (κ1) is 19.8. The Hall–Kier alpha value is -3.48. The second kappa shape index (κ2) is 8.49. The fourth-order valence-electron chi connectivity index (χ4n) is 3.71. The highest BCUT2D eigenvalue weighted by molar-refractivity contribution is 5.95. The minimum atomic E-state index is -0.210. The lowest BCUT2D eigenvalue weighted by Crippen LogP contribution is -2.28. The van der Waals surface area contributed by atoms with Gasteiger partial charge in [0, 0.05) is 37.1 Å². The normalized spacial score (nSPS) is 13.5. The molecule has 1 aliphatic rings. The van der Waals surface area contributed by atoms with Gasteiger partial charge in [-0.15, -0.1) is 0 Å². The van der Waals surface area contributed by atoms with Gasteiger partial charge in [-0.05, 0) is 62.6 Å². The Morgan fingerprint density at radius 1 is 1.03 bits per heavy atom. The number of pyridine rings is 1. The number of amides is 2. The second-order valence-electron chi connectivity index (χ2n) is 7.63. The number of hydrogen-bond donors (Lipinski definition) is 1. The molecule has 3 aromatic rings. The van der Waals surface area contributed by atoms with Crippen molar-refractivity contribution in [3.63, 3.8) is 0 Å². The molecule has 0 bridgehead atoms. The lowest BCUT2D eigenvalue weighted by atomic mass is 10.1. The van der Waals surface area contributed by atoms with Gasteiger partial charge in [0.1, 0.15) is 0 Å². The number of nitrogens with one attached hydrogen (secondary N) is 1. The molecule has 1 N–H and O–H groups in total. The van der Waals surface area contributed by atoms with Crippen molar-refractivity contribution in [3.05, 3.63) is 76.7 Å². The molecule has 30 heavy (non-hydrogen) atoms. The third kappa shape index (κ3) is 4.25. The predicted octanol–water partition coefficient (Wildman–Crippen LogP) is 3.05. The summed E-state index contributed by atoms with van der Waals surface area (Å²) in [6, 6.07) is 12.9. The standard InChI is InChI=1S/C23H25N5O2/c1-16-12-17(2)28(26-16)21-9-8-20(15-24-21)22(29)25-14-18-6-5-7-19(13-18)23(30)27-10-3-4-11-27/h5-9,12-13,15H,3-4,10-11,14H2,1-2H3,(H,25,29). The summed E-state index contributed by atoms with van der Waals surface area (Å²) in [5, 5.41) is 7.30. The molecule has 0 radical (unpaired) electrons. The third-order valence-corrected chi connectivity index (χ3v) is 5.26. The fraction of sp³-hybridized carbons (Fsp3) is 0.304. The monoisotopic (exact) mass is 403 g/mol. The van der Waals surface area contributed by atoms with Crippen molar-refractivity contribution in [3.8, 4) is 5.82 Å². The van der Waals surface area contributed by atoms with Crippen LogP contribution < -0.4 is 5.32 Å². The molecular weight excluding hydrogens is 378 g/mol. The van der Waals surface area contributed by atoms with E-state index >= 15 is 0 Å². The topological polar surface area (TPSA) is 80.1 Å². The highest BCUT2D eigenvalue weighted by Crippen LogP contribution is 2.15. The van der Waals surface area contributed by atoms with Crippen LogP contribution in [0, 0.1) is 13.8 Å². The fourth-order valence-corrected chi connectivity index (χ4v) is 3.71. The minimum absolute atomic E-state index is 0.0598. The van der Waals surface area contributed by atoms with Crippen molar-refractivity contribution in [2.75, 3.05) is 13.1 Å². The van der Waals surface area contributed by atoms with Crippen LogP contribution in [-0.4, -0.2) is 44.6 Å². The molecule has 0 atom stereocenters. The van der Waals surface area contributed by atoms with Crippen LogP contribution in [0.5, 0.6) is 0 Å². The van der Waals surface area contributed by atoms with E-state index in [9.17, 15) is 9.59 Å². The lowest BCUT2D eigenvalue weighted by Gasteiger charge is -2.15. The SMILES string of the molecule is Cc1cc(C)n(-c2ccc(C(=O)NCc3cccc(C(=O)N4CCCC4)c3)cn2)n1. The Bertz CT molecular complexity index is 1070. The minimum Gasteiger partial charge on any atom is -0.348 e. The van der Waals surface area contributed by atoms with Crippen LogP contribution >= 0.6 is 0 Å². The van der Waals surface area contributed by atoms with Gasteiger partial charge in [-0.1, -0.05) is 12.1 Å². The van der Waals surface area contributed by atoms with Crippen LogP contribution in [0.1, 0.15) is 50.5 Å². The number of carbonyl (C=O) groups excluding carboxylic acids is 2. The molecule has 7 nitrogen and oxygen atoms in total. The van der Waals surface area contributed by atoms with Gasteiger partial charge in [0.15, 0.2) is 5.82 Å². The van der Waals surface area contributed by atoms with Crippen molar-refractivity contribution in [1.29, 1.82) is 0 Å². The van der Waals surface area contributed by atoms with Crippen molar-refractivity contribution in [2.24, 2.45) is 0 Å². The van der Waals surface area contributed by atoms with Crippen LogP contribution in [0.2, 0.25) is 0 Å². The number of benzene rings is 1. The Balaban J connectivity index is 1.39. The molecule has 154 valence electrons. The first-order chi connectivity index (χ1) is 14.5. The Morgan fingerprint density at radius 2 is 1.83 bits per heavy atom. The number of aromatic nitrogens is 3. The van der Waals surface area contributed by atoms with Crippen molar-refractivity contribution in [1.82, 2.24) is 25.0 Å². The molecule has 3 heterocycles. The van der Waals surface area contributed by atoms with Crippen LogP contribution in [-0.2, 0) is 6.54 Å². The Labute approximate surface area is 175 Å². The van der Waals surface area contributed by atoms with E-state index in [1.165, 1.54) is 0 Å². The summed E-state index contributed by atoms with van der Waals surface area (Å²) < 4.78 is 1.75. The molecule has 1 fully saturated rings. The molecular formula is C23H25N5O2. The van der Waals surface area contributed by atoms with E-state index in [-0.39, 0.29) is 11.8 Å². The van der Waals surface area contributed by atoms with Gasteiger partial charge in [0.05, 0.1) is 11.3 Å². The number of rotatable bonds is 5. The molecule has 0 unspecified atom stereocenters. The lowest BCUT2D eigenvalue weighted by molar-refractivity contribution is 0.0792. The zero-order valence-electron chi connectivity index (χ0n) is 17.3. The summed E-state index contributed by atoms with van der Waals surface area (Å²) >= 11 is 0. The first-order valence-corrected chi connectivity index (χ1v) is 10.2. The molecule has 0 spiro atoms. The van der Waals surface area contributed by atoms with Crippen LogP contribution in [0.4, 0.5) is 0 Å². The zero-order chi connectivity index (χ0) is 21.1. The van der Waals surface area contributed by atoms with E-state index in [0.717, 1.165) is 42.9 Å². The molecule has 1 saturated heterocycles. The summed E-state index contributed by atoms with van der Waals surface area (Å²) in [4.78, 5) is 31.3. The van der Waals surface area contributed by atoms with Gasteiger partial charge in [-0.2, -0.15) is 5.10 Å².